The third-order valence-corrected chi connectivity index (χ3v) is 4.15. The Morgan fingerprint density at radius 1 is 1.25 bits per heavy atom. The van der Waals surface area contributed by atoms with Crippen molar-refractivity contribution in [3.05, 3.63) is 53.5 Å². The highest BCUT2D eigenvalue weighted by Crippen LogP contribution is 2.19. The lowest BCUT2D eigenvalue weighted by Crippen LogP contribution is -2.36. The zero-order chi connectivity index (χ0) is 16.8. The number of carbonyl (C=O) groups is 1. The van der Waals surface area contributed by atoms with E-state index in [0.717, 1.165) is 13.0 Å². The third kappa shape index (κ3) is 3.69. The van der Waals surface area contributed by atoms with E-state index in [9.17, 15) is 4.79 Å². The Labute approximate surface area is 141 Å². The monoisotopic (exact) mass is 321 g/mol. The van der Waals surface area contributed by atoms with Crippen molar-refractivity contribution in [2.75, 3.05) is 18.4 Å². The van der Waals surface area contributed by atoms with Crippen LogP contribution in [0.4, 0.5) is 5.82 Å². The molecule has 0 unspecified atom stereocenters. The molecule has 122 valence electrons. The summed E-state index contributed by atoms with van der Waals surface area (Å²) in [6.07, 6.45) is 5.13. The summed E-state index contributed by atoms with van der Waals surface area (Å²) in [7, 11) is 0. The zero-order valence-electron chi connectivity index (χ0n) is 13.4. The Morgan fingerprint density at radius 3 is 2.88 bits per heavy atom. The van der Waals surface area contributed by atoms with E-state index in [4.69, 9.17) is 5.26 Å². The molecule has 1 amide bonds. The number of amides is 1. The van der Waals surface area contributed by atoms with Crippen molar-refractivity contribution in [3.8, 4) is 6.07 Å². The first kappa shape index (κ1) is 15.9. The number of nitrogens with one attached hydrogen (secondary N) is 1. The summed E-state index contributed by atoms with van der Waals surface area (Å²) in [5.41, 5.74) is 2.86. The van der Waals surface area contributed by atoms with E-state index in [0.29, 0.717) is 31.7 Å². The van der Waals surface area contributed by atoms with Crippen LogP contribution in [0, 0.1) is 11.3 Å². The number of aromatic nitrogens is 2. The van der Waals surface area contributed by atoms with Crippen molar-refractivity contribution in [1.29, 1.82) is 5.26 Å². The Balaban J connectivity index is 1.46. The number of benzene rings is 1. The van der Waals surface area contributed by atoms with Gasteiger partial charge in [-0.3, -0.25) is 4.79 Å². The number of fused-ring (bicyclic) bond motifs is 1. The van der Waals surface area contributed by atoms with Gasteiger partial charge in [-0.15, -0.1) is 0 Å². The standard InChI is InChI=1S/C18H19N5O/c19-12-16-18(22-10-9-20-16)21-8-3-6-17(24)23-11-7-14-4-1-2-5-15(14)13-23/h1-2,4-5,9-10H,3,6-8,11,13H2,(H,21,22). The highest BCUT2D eigenvalue weighted by atomic mass is 16.2. The molecule has 0 saturated carbocycles. The molecule has 1 aliphatic rings. The van der Waals surface area contributed by atoms with Crippen LogP contribution in [0.5, 0.6) is 0 Å². The molecule has 1 aromatic heterocycles. The molecule has 2 heterocycles. The summed E-state index contributed by atoms with van der Waals surface area (Å²) < 4.78 is 0. The first-order valence-electron chi connectivity index (χ1n) is 8.07. The van der Waals surface area contributed by atoms with Crippen LogP contribution in [0.15, 0.2) is 36.7 Å². The molecule has 6 nitrogen and oxygen atoms in total. The lowest BCUT2D eigenvalue weighted by atomic mass is 9.99. The van der Waals surface area contributed by atoms with Gasteiger partial charge in [-0.25, -0.2) is 9.97 Å². The van der Waals surface area contributed by atoms with E-state index < -0.39 is 0 Å². The van der Waals surface area contributed by atoms with Gasteiger partial charge in [0.2, 0.25) is 5.91 Å². The topological polar surface area (TPSA) is 81.9 Å². The summed E-state index contributed by atoms with van der Waals surface area (Å²) in [5.74, 6) is 0.644. The summed E-state index contributed by atoms with van der Waals surface area (Å²) in [6.45, 7) is 2.07. The molecule has 0 saturated heterocycles. The predicted octanol–water partition coefficient (Wildman–Crippen LogP) is 2.13. The molecular weight excluding hydrogens is 302 g/mol. The normalized spacial score (nSPS) is 13.0. The lowest BCUT2D eigenvalue weighted by Gasteiger charge is -2.29. The zero-order valence-corrected chi connectivity index (χ0v) is 13.4. The lowest BCUT2D eigenvalue weighted by molar-refractivity contribution is -0.132. The molecule has 1 N–H and O–H groups in total. The fraction of sp³-hybridized carbons (Fsp3) is 0.333. The van der Waals surface area contributed by atoms with Crippen LogP contribution in [0.3, 0.4) is 0 Å². The average molecular weight is 321 g/mol. The van der Waals surface area contributed by atoms with Crippen LogP contribution in [0.2, 0.25) is 0 Å². The van der Waals surface area contributed by atoms with E-state index in [2.05, 4.69) is 27.4 Å². The molecule has 6 heteroatoms. The highest BCUT2D eigenvalue weighted by molar-refractivity contribution is 5.76. The van der Waals surface area contributed by atoms with E-state index in [1.807, 2.05) is 23.1 Å². The van der Waals surface area contributed by atoms with Gasteiger partial charge < -0.3 is 10.2 Å². The molecular formula is C18H19N5O. The predicted molar refractivity (Wildman–Crippen MR) is 90.0 cm³/mol. The number of anilines is 1. The first-order chi connectivity index (χ1) is 11.8. The van der Waals surface area contributed by atoms with E-state index in [1.54, 1.807) is 6.20 Å². The number of nitrogens with zero attached hydrogens (tertiary/aromatic N) is 4. The van der Waals surface area contributed by atoms with Crippen molar-refractivity contribution in [1.82, 2.24) is 14.9 Å². The third-order valence-electron chi connectivity index (χ3n) is 4.15. The fourth-order valence-corrected chi connectivity index (χ4v) is 2.86. The first-order valence-corrected chi connectivity index (χ1v) is 8.07. The van der Waals surface area contributed by atoms with Gasteiger partial charge >= 0.3 is 0 Å². The van der Waals surface area contributed by atoms with Crippen LogP contribution in [0.25, 0.3) is 0 Å². The summed E-state index contributed by atoms with van der Waals surface area (Å²) in [4.78, 5) is 22.3. The van der Waals surface area contributed by atoms with Gasteiger partial charge in [0.1, 0.15) is 6.07 Å². The molecule has 0 bridgehead atoms. The van der Waals surface area contributed by atoms with Crippen LogP contribution in [-0.4, -0.2) is 33.9 Å². The van der Waals surface area contributed by atoms with Crippen molar-refractivity contribution < 1.29 is 4.79 Å². The summed E-state index contributed by atoms with van der Waals surface area (Å²) in [5, 5.41) is 12.0. The summed E-state index contributed by atoms with van der Waals surface area (Å²) in [6, 6.07) is 10.3. The maximum Gasteiger partial charge on any atom is 0.222 e. The van der Waals surface area contributed by atoms with Crippen LogP contribution < -0.4 is 5.32 Å². The van der Waals surface area contributed by atoms with Gasteiger partial charge in [0.25, 0.3) is 0 Å². The van der Waals surface area contributed by atoms with Crippen LogP contribution >= 0.6 is 0 Å². The Bertz CT molecular complexity index is 768. The number of rotatable bonds is 5. The van der Waals surface area contributed by atoms with Gasteiger partial charge in [-0.2, -0.15) is 5.26 Å². The van der Waals surface area contributed by atoms with Crippen LogP contribution in [-0.2, 0) is 17.8 Å². The quantitative estimate of drug-likeness (QED) is 0.853. The number of nitriles is 1. The van der Waals surface area contributed by atoms with E-state index in [1.165, 1.54) is 17.3 Å². The van der Waals surface area contributed by atoms with Gasteiger partial charge in [0.05, 0.1) is 0 Å². The molecule has 0 spiro atoms. The van der Waals surface area contributed by atoms with Gasteiger partial charge in [0.15, 0.2) is 11.5 Å². The fourth-order valence-electron chi connectivity index (χ4n) is 2.86. The minimum Gasteiger partial charge on any atom is -0.368 e. The minimum atomic E-state index is 0.172. The Kier molecular flexibility index (Phi) is 5.02. The largest absolute Gasteiger partial charge is 0.368 e. The minimum absolute atomic E-state index is 0.172. The number of hydrogen-bond donors (Lipinski definition) is 1. The second kappa shape index (κ2) is 7.55. The highest BCUT2D eigenvalue weighted by Gasteiger charge is 2.19. The Morgan fingerprint density at radius 2 is 2.04 bits per heavy atom. The molecule has 0 aliphatic carbocycles. The maximum atomic E-state index is 12.4. The van der Waals surface area contributed by atoms with Gasteiger partial charge in [-0.1, -0.05) is 24.3 Å². The van der Waals surface area contributed by atoms with Crippen molar-refractivity contribution in [3.63, 3.8) is 0 Å². The Hall–Kier alpha value is -2.94. The number of carbonyl (C=O) groups excluding carboxylic acids is 1. The van der Waals surface area contributed by atoms with Crippen LogP contribution in [0.1, 0.15) is 29.7 Å². The van der Waals surface area contributed by atoms with Gasteiger partial charge in [0, 0.05) is 38.4 Å². The molecule has 0 radical (unpaired) electrons. The van der Waals surface area contributed by atoms with E-state index in [-0.39, 0.29) is 11.6 Å². The van der Waals surface area contributed by atoms with Crippen molar-refractivity contribution >= 4 is 11.7 Å². The molecule has 24 heavy (non-hydrogen) atoms. The maximum absolute atomic E-state index is 12.4. The SMILES string of the molecule is N#Cc1nccnc1NCCCC(=O)N1CCc2ccccc2C1. The molecule has 2 aromatic rings. The van der Waals surface area contributed by atoms with Gasteiger partial charge in [-0.05, 0) is 24.0 Å². The average Bonchev–Trinajstić information content (AvgIpc) is 2.65. The molecule has 3 rings (SSSR count). The molecule has 0 atom stereocenters. The van der Waals surface area contributed by atoms with Crippen molar-refractivity contribution in [2.45, 2.75) is 25.8 Å². The number of hydrogen-bond acceptors (Lipinski definition) is 5. The molecule has 1 aliphatic heterocycles. The molecule has 0 fully saturated rings. The smallest absolute Gasteiger partial charge is 0.222 e. The second-order valence-corrected chi connectivity index (χ2v) is 5.73. The van der Waals surface area contributed by atoms with Crippen molar-refractivity contribution in [2.24, 2.45) is 0 Å². The summed E-state index contributed by atoms with van der Waals surface area (Å²) >= 11 is 0. The second-order valence-electron chi connectivity index (χ2n) is 5.73. The van der Waals surface area contributed by atoms with E-state index >= 15 is 0 Å². The molecule has 1 aromatic carbocycles.